The quantitative estimate of drug-likeness (QED) is 0.225. The van der Waals surface area contributed by atoms with Crippen molar-refractivity contribution in [3.63, 3.8) is 0 Å². The maximum absolute atomic E-state index is 5.24. The molecule has 0 aliphatic rings. The van der Waals surface area contributed by atoms with Crippen LogP contribution >= 0.6 is 11.3 Å². The lowest BCUT2D eigenvalue weighted by Gasteiger charge is -2.12. The van der Waals surface area contributed by atoms with E-state index in [9.17, 15) is 0 Å². The number of thiophene rings is 1. The molecule has 0 spiro atoms. The molecule has 9 rings (SSSR count). The highest BCUT2D eigenvalue weighted by atomic mass is 32.1. The molecule has 0 aliphatic heterocycles. The first-order chi connectivity index (χ1) is 19.9. The summed E-state index contributed by atoms with van der Waals surface area (Å²) in [4.78, 5) is 15.1. The van der Waals surface area contributed by atoms with Gasteiger partial charge in [-0.2, -0.15) is 0 Å². The molecule has 0 atom stereocenters. The van der Waals surface area contributed by atoms with Gasteiger partial charge in [-0.25, -0.2) is 9.97 Å². The Kier molecular flexibility index (Phi) is 4.45. The first kappa shape index (κ1) is 21.8. The van der Waals surface area contributed by atoms with Crippen LogP contribution in [-0.2, 0) is 0 Å². The fraction of sp³-hybridized carbons (Fsp3) is 0. The summed E-state index contributed by atoms with van der Waals surface area (Å²) >= 11 is 1.87. The van der Waals surface area contributed by atoms with Gasteiger partial charge in [-0.15, -0.1) is 11.3 Å². The van der Waals surface area contributed by atoms with Crippen LogP contribution in [0.15, 0.2) is 121 Å². The van der Waals surface area contributed by atoms with Gasteiger partial charge in [-0.3, -0.25) is 9.55 Å². The number of pyridine rings is 1. The molecule has 0 bridgehead atoms. The van der Waals surface area contributed by atoms with Crippen LogP contribution in [0.25, 0.3) is 81.0 Å². The predicted molar refractivity (Wildman–Crippen MR) is 168 cm³/mol. The molecule has 4 aromatic heterocycles. The summed E-state index contributed by atoms with van der Waals surface area (Å²) < 4.78 is 4.88. The summed E-state index contributed by atoms with van der Waals surface area (Å²) in [6, 6.07) is 40.4. The third-order valence-corrected chi connectivity index (χ3v) is 9.04. The molecule has 0 aliphatic carbocycles. The van der Waals surface area contributed by atoms with Crippen molar-refractivity contribution in [2.45, 2.75) is 0 Å². The molecule has 0 saturated heterocycles. The van der Waals surface area contributed by atoms with Crippen LogP contribution in [0.5, 0.6) is 0 Å². The predicted octanol–water partition coefficient (Wildman–Crippen LogP) is 9.31. The molecule has 4 heterocycles. The van der Waals surface area contributed by atoms with Gasteiger partial charge in [0.25, 0.3) is 0 Å². The Morgan fingerprint density at radius 1 is 0.575 bits per heavy atom. The highest BCUT2D eigenvalue weighted by molar-refractivity contribution is 7.27. The van der Waals surface area contributed by atoms with Gasteiger partial charge in [0.05, 0.1) is 16.6 Å². The number of fused-ring (bicyclic) bond motifs is 11. The van der Waals surface area contributed by atoms with E-state index in [1.807, 2.05) is 47.9 Å². The molecule has 0 amide bonds. The Morgan fingerprint density at radius 2 is 1.30 bits per heavy atom. The number of benzene rings is 5. The molecule has 0 N–H and O–H groups in total. The molecule has 9 aromatic rings. The van der Waals surface area contributed by atoms with Crippen molar-refractivity contribution in [2.24, 2.45) is 0 Å². The smallest absolute Gasteiger partial charge is 0.235 e. The normalized spacial score (nSPS) is 12.0. The summed E-state index contributed by atoms with van der Waals surface area (Å²) in [5.41, 5.74) is 5.70. The van der Waals surface area contributed by atoms with E-state index in [0.29, 0.717) is 5.95 Å². The van der Waals surface area contributed by atoms with Gasteiger partial charge >= 0.3 is 0 Å². The minimum absolute atomic E-state index is 0.648. The van der Waals surface area contributed by atoms with Crippen LogP contribution in [-0.4, -0.2) is 19.5 Å². The van der Waals surface area contributed by atoms with E-state index < -0.39 is 0 Å². The fourth-order valence-corrected chi connectivity index (χ4v) is 7.43. The Bertz CT molecular complexity index is 2440. The minimum atomic E-state index is 0.648. The van der Waals surface area contributed by atoms with Crippen molar-refractivity contribution in [3.8, 4) is 17.2 Å². The standard InChI is InChI=1S/C35H20N4S/c1-2-11-21(12-3-1)31-32-26(17-10-20-36-32)37-35(38-31)39-27-18-8-6-15-24(27)29-30-25-16-7-9-19-28(25)40-34(30)23-14-5-4-13-22(23)33(29)39/h1-20H. The number of aromatic nitrogens is 4. The van der Waals surface area contributed by atoms with Crippen LogP contribution in [0.2, 0.25) is 0 Å². The molecule has 4 nitrogen and oxygen atoms in total. The van der Waals surface area contributed by atoms with Crippen molar-refractivity contribution < 1.29 is 0 Å². The number of rotatable bonds is 2. The maximum atomic E-state index is 5.24. The lowest BCUT2D eigenvalue weighted by Crippen LogP contribution is -2.04. The average molecular weight is 529 g/mol. The van der Waals surface area contributed by atoms with E-state index in [1.54, 1.807) is 0 Å². The van der Waals surface area contributed by atoms with Crippen molar-refractivity contribution in [1.29, 1.82) is 0 Å². The number of hydrogen-bond acceptors (Lipinski definition) is 4. The van der Waals surface area contributed by atoms with Crippen LogP contribution in [0.4, 0.5) is 0 Å². The summed E-state index contributed by atoms with van der Waals surface area (Å²) in [6.07, 6.45) is 1.81. The van der Waals surface area contributed by atoms with E-state index in [1.165, 1.54) is 41.7 Å². The molecule has 5 heteroatoms. The fourth-order valence-electron chi connectivity index (χ4n) is 6.18. The molecule has 0 radical (unpaired) electrons. The number of nitrogens with zero attached hydrogens (tertiary/aromatic N) is 4. The van der Waals surface area contributed by atoms with E-state index in [0.717, 1.165) is 33.3 Å². The lowest BCUT2D eigenvalue weighted by atomic mass is 10.00. The van der Waals surface area contributed by atoms with Gasteiger partial charge < -0.3 is 0 Å². The molecule has 0 saturated carbocycles. The third-order valence-electron chi connectivity index (χ3n) is 7.84. The Hall–Kier alpha value is -5.13. The second kappa shape index (κ2) is 8.18. The summed E-state index contributed by atoms with van der Waals surface area (Å²) in [6.45, 7) is 0. The van der Waals surface area contributed by atoms with Crippen LogP contribution < -0.4 is 0 Å². The number of para-hydroxylation sites is 1. The first-order valence-electron chi connectivity index (χ1n) is 13.3. The zero-order chi connectivity index (χ0) is 26.2. The Morgan fingerprint density at radius 3 is 2.17 bits per heavy atom. The molecule has 186 valence electrons. The van der Waals surface area contributed by atoms with Gasteiger partial charge in [0.1, 0.15) is 11.2 Å². The van der Waals surface area contributed by atoms with E-state index in [2.05, 4.69) is 94.5 Å². The molecule has 5 aromatic carbocycles. The van der Waals surface area contributed by atoms with E-state index in [4.69, 9.17) is 9.97 Å². The largest absolute Gasteiger partial charge is 0.277 e. The topological polar surface area (TPSA) is 43.6 Å². The molecule has 0 unspecified atom stereocenters. The molecular formula is C35H20N4S. The lowest BCUT2D eigenvalue weighted by molar-refractivity contribution is 1.01. The van der Waals surface area contributed by atoms with Gasteiger partial charge in [-0.05, 0) is 24.3 Å². The SMILES string of the molecule is c1ccc(-c2nc(-n3c4ccccc4c4c5c6ccccc6sc5c5ccccc5c43)nc3cccnc23)cc1. The summed E-state index contributed by atoms with van der Waals surface area (Å²) in [5.74, 6) is 0.648. The highest BCUT2D eigenvalue weighted by Gasteiger charge is 2.23. The second-order valence-corrected chi connectivity index (χ2v) is 11.1. The second-order valence-electron chi connectivity index (χ2n) is 10.0. The van der Waals surface area contributed by atoms with Gasteiger partial charge in [-0.1, -0.05) is 91.0 Å². The Balaban J connectivity index is 1.54. The highest BCUT2D eigenvalue weighted by Crippen LogP contribution is 2.47. The van der Waals surface area contributed by atoms with Crippen LogP contribution in [0.3, 0.4) is 0 Å². The minimum Gasteiger partial charge on any atom is -0.277 e. The molecule has 0 fully saturated rings. The van der Waals surface area contributed by atoms with Crippen molar-refractivity contribution in [1.82, 2.24) is 19.5 Å². The third kappa shape index (κ3) is 2.92. The maximum Gasteiger partial charge on any atom is 0.235 e. The summed E-state index contributed by atoms with van der Waals surface area (Å²) in [7, 11) is 0. The summed E-state index contributed by atoms with van der Waals surface area (Å²) in [5, 5.41) is 7.49. The monoisotopic (exact) mass is 528 g/mol. The average Bonchev–Trinajstić information content (AvgIpc) is 3.58. The van der Waals surface area contributed by atoms with Crippen LogP contribution in [0, 0.1) is 0 Å². The van der Waals surface area contributed by atoms with Crippen molar-refractivity contribution in [2.75, 3.05) is 0 Å². The van der Waals surface area contributed by atoms with Gasteiger partial charge in [0.2, 0.25) is 5.95 Å². The number of hydrogen-bond donors (Lipinski definition) is 0. The zero-order valence-electron chi connectivity index (χ0n) is 21.2. The van der Waals surface area contributed by atoms with Gasteiger partial charge in [0.15, 0.2) is 0 Å². The van der Waals surface area contributed by atoms with Gasteiger partial charge in [0, 0.05) is 53.5 Å². The first-order valence-corrected chi connectivity index (χ1v) is 14.1. The van der Waals surface area contributed by atoms with E-state index in [-0.39, 0.29) is 0 Å². The van der Waals surface area contributed by atoms with E-state index >= 15 is 0 Å². The van der Waals surface area contributed by atoms with Crippen molar-refractivity contribution >= 4 is 75.1 Å². The molecular weight excluding hydrogens is 508 g/mol. The zero-order valence-corrected chi connectivity index (χ0v) is 22.1. The molecule has 40 heavy (non-hydrogen) atoms. The van der Waals surface area contributed by atoms with Crippen LogP contribution in [0.1, 0.15) is 0 Å². The Labute approximate surface area is 232 Å². The van der Waals surface area contributed by atoms with Crippen molar-refractivity contribution in [3.05, 3.63) is 121 Å².